The summed E-state index contributed by atoms with van der Waals surface area (Å²) in [5.41, 5.74) is 1.40. The Hall–Kier alpha value is -3.17. The van der Waals surface area contributed by atoms with Gasteiger partial charge in [-0.2, -0.15) is 0 Å². The van der Waals surface area contributed by atoms with E-state index in [1.807, 2.05) is 42.5 Å². The number of hydrogen-bond acceptors (Lipinski definition) is 7. The number of fused-ring (bicyclic) bond motifs is 6. The van der Waals surface area contributed by atoms with Crippen LogP contribution >= 0.6 is 23.1 Å². The van der Waals surface area contributed by atoms with Crippen molar-refractivity contribution in [2.45, 2.75) is 10.8 Å². The molecule has 3 amide bonds. The summed E-state index contributed by atoms with van der Waals surface area (Å²) in [5.74, 6) is 0.737. The van der Waals surface area contributed by atoms with E-state index in [-0.39, 0.29) is 47.1 Å². The second kappa shape index (κ2) is 9.13. The van der Waals surface area contributed by atoms with Crippen molar-refractivity contribution in [3.8, 4) is 5.75 Å². The van der Waals surface area contributed by atoms with Crippen LogP contribution in [0, 0.1) is 23.7 Å². The lowest BCUT2D eigenvalue weighted by molar-refractivity contribution is -0.123. The number of thioether (sulfide) groups is 1. The lowest BCUT2D eigenvalue weighted by Gasteiger charge is -2.17. The third-order valence-corrected chi connectivity index (χ3v) is 9.00. The first-order valence-corrected chi connectivity index (χ1v) is 13.4. The van der Waals surface area contributed by atoms with Crippen molar-refractivity contribution in [3.63, 3.8) is 0 Å². The number of imide groups is 1. The van der Waals surface area contributed by atoms with Gasteiger partial charge in [-0.15, -0.1) is 11.3 Å². The van der Waals surface area contributed by atoms with Crippen LogP contribution in [0.15, 0.2) is 65.0 Å². The molecule has 35 heavy (non-hydrogen) atoms. The molecule has 2 fully saturated rings. The third kappa shape index (κ3) is 4.12. The van der Waals surface area contributed by atoms with Gasteiger partial charge in [-0.1, -0.05) is 42.1 Å². The minimum absolute atomic E-state index is 0.0803. The quantitative estimate of drug-likeness (QED) is 0.216. The number of allylic oxidation sites excluding steroid dienone is 2. The van der Waals surface area contributed by atoms with E-state index in [1.54, 1.807) is 6.07 Å². The third-order valence-electron chi connectivity index (χ3n) is 6.84. The van der Waals surface area contributed by atoms with E-state index >= 15 is 0 Å². The number of anilines is 1. The summed E-state index contributed by atoms with van der Waals surface area (Å²) in [7, 11) is 0. The van der Waals surface area contributed by atoms with Crippen molar-refractivity contribution in [2.24, 2.45) is 23.7 Å². The smallest absolute Gasteiger partial charge is 0.238 e. The van der Waals surface area contributed by atoms with E-state index in [0.717, 1.165) is 26.7 Å². The zero-order chi connectivity index (χ0) is 23.9. The number of carbonyl (C=O) groups is 3. The predicted octanol–water partition coefficient (Wildman–Crippen LogP) is 3.90. The van der Waals surface area contributed by atoms with Crippen molar-refractivity contribution in [2.75, 3.05) is 23.8 Å². The molecule has 0 radical (unpaired) electrons. The summed E-state index contributed by atoms with van der Waals surface area (Å²) in [4.78, 5) is 44.4. The van der Waals surface area contributed by atoms with E-state index < -0.39 is 0 Å². The highest BCUT2D eigenvalue weighted by atomic mass is 32.2. The molecule has 178 valence electrons. The van der Waals surface area contributed by atoms with Gasteiger partial charge in [0.1, 0.15) is 12.4 Å². The Morgan fingerprint density at radius 1 is 1.09 bits per heavy atom. The van der Waals surface area contributed by atoms with E-state index in [4.69, 9.17) is 4.74 Å². The number of amides is 3. The van der Waals surface area contributed by atoms with Crippen LogP contribution in [0.3, 0.4) is 0 Å². The van der Waals surface area contributed by atoms with E-state index in [9.17, 15) is 14.4 Å². The molecule has 0 spiro atoms. The molecule has 3 aliphatic rings. The van der Waals surface area contributed by atoms with Gasteiger partial charge in [-0.3, -0.25) is 14.4 Å². The summed E-state index contributed by atoms with van der Waals surface area (Å²) >= 11 is 2.83. The molecule has 1 saturated heterocycles. The number of thiazole rings is 1. The molecule has 2 bridgehead atoms. The number of para-hydroxylation sites is 1. The van der Waals surface area contributed by atoms with Crippen LogP contribution < -0.4 is 15.0 Å². The normalized spacial score (nSPS) is 24.4. The molecule has 7 nitrogen and oxygen atoms in total. The minimum Gasteiger partial charge on any atom is -0.492 e. The van der Waals surface area contributed by atoms with Gasteiger partial charge in [0.05, 0.1) is 40.0 Å². The van der Waals surface area contributed by atoms with Gasteiger partial charge >= 0.3 is 0 Å². The number of ether oxygens (including phenoxy) is 1. The van der Waals surface area contributed by atoms with Crippen molar-refractivity contribution in [1.29, 1.82) is 0 Å². The summed E-state index contributed by atoms with van der Waals surface area (Å²) in [5, 5.41) is 2.85. The van der Waals surface area contributed by atoms with Crippen molar-refractivity contribution >= 4 is 56.7 Å². The predicted molar refractivity (Wildman–Crippen MR) is 136 cm³/mol. The standard InChI is InChI=1S/C26H23N3O4S2/c30-21(27-10-11-33-18-4-2-1-3-5-18)14-34-26-28-19-9-8-17(13-20(19)35-26)29-24(31)22-15-6-7-16(12-15)23(22)25(29)32/h1-9,13,15-16,22-23H,10-12,14H2,(H,27,30)/t15-,16-,22-,23-/m0/s1. The van der Waals surface area contributed by atoms with Crippen LogP contribution in [0.25, 0.3) is 10.2 Å². The lowest BCUT2D eigenvalue weighted by atomic mass is 9.85. The second-order valence-electron chi connectivity index (χ2n) is 8.94. The van der Waals surface area contributed by atoms with Gasteiger partial charge < -0.3 is 10.1 Å². The molecule has 2 aliphatic carbocycles. The fourth-order valence-electron chi connectivity index (χ4n) is 5.30. The highest BCUT2D eigenvalue weighted by molar-refractivity contribution is 8.01. The van der Waals surface area contributed by atoms with Crippen LogP contribution in [-0.4, -0.2) is 41.6 Å². The Bertz CT molecular complexity index is 1310. The van der Waals surface area contributed by atoms with Gasteiger partial charge in [0.25, 0.3) is 0 Å². The lowest BCUT2D eigenvalue weighted by Crippen LogP contribution is -2.32. The molecule has 1 N–H and O–H groups in total. The van der Waals surface area contributed by atoms with Crippen LogP contribution in [0.1, 0.15) is 6.42 Å². The van der Waals surface area contributed by atoms with Crippen LogP contribution in [0.4, 0.5) is 5.69 Å². The molecule has 1 aromatic heterocycles. The molecule has 1 aliphatic heterocycles. The Kier molecular flexibility index (Phi) is 5.82. The van der Waals surface area contributed by atoms with Crippen LogP contribution in [0.2, 0.25) is 0 Å². The summed E-state index contributed by atoms with van der Waals surface area (Å²) in [6, 6.07) is 15.0. The minimum atomic E-state index is -0.211. The average Bonchev–Trinajstić information content (AvgIpc) is 3.63. The largest absolute Gasteiger partial charge is 0.492 e. The first kappa shape index (κ1) is 22.3. The number of nitrogens with one attached hydrogen (secondary N) is 1. The molecule has 2 aromatic carbocycles. The molecule has 2 heterocycles. The highest BCUT2D eigenvalue weighted by Gasteiger charge is 2.59. The molecule has 3 aromatic rings. The summed E-state index contributed by atoms with van der Waals surface area (Å²) < 4.78 is 7.24. The summed E-state index contributed by atoms with van der Waals surface area (Å²) in [6.45, 7) is 0.826. The Morgan fingerprint density at radius 3 is 2.57 bits per heavy atom. The number of hydrogen-bond donors (Lipinski definition) is 1. The Labute approximate surface area is 210 Å². The molecule has 0 unspecified atom stereocenters. The Morgan fingerprint density at radius 2 is 1.83 bits per heavy atom. The zero-order valence-corrected chi connectivity index (χ0v) is 20.4. The maximum atomic E-state index is 13.1. The number of nitrogens with zero attached hydrogens (tertiary/aromatic N) is 2. The van der Waals surface area contributed by atoms with Crippen LogP contribution in [0.5, 0.6) is 5.75 Å². The highest BCUT2D eigenvalue weighted by Crippen LogP contribution is 2.53. The van der Waals surface area contributed by atoms with Gasteiger partial charge in [-0.25, -0.2) is 9.88 Å². The maximum absolute atomic E-state index is 13.1. The molecule has 4 atom stereocenters. The molecule has 1 saturated carbocycles. The average molecular weight is 506 g/mol. The van der Waals surface area contributed by atoms with Gasteiger partial charge in [0, 0.05) is 0 Å². The first-order valence-electron chi connectivity index (χ1n) is 11.6. The van der Waals surface area contributed by atoms with E-state index in [1.165, 1.54) is 28.0 Å². The molecular weight excluding hydrogens is 482 g/mol. The molecule has 9 heteroatoms. The number of rotatable bonds is 8. The van der Waals surface area contributed by atoms with Gasteiger partial charge in [0.15, 0.2) is 4.34 Å². The second-order valence-corrected chi connectivity index (χ2v) is 11.2. The number of benzene rings is 2. The van der Waals surface area contributed by atoms with Crippen molar-refractivity contribution < 1.29 is 19.1 Å². The van der Waals surface area contributed by atoms with Crippen molar-refractivity contribution in [3.05, 3.63) is 60.7 Å². The summed E-state index contributed by atoms with van der Waals surface area (Å²) in [6.07, 6.45) is 5.12. The van der Waals surface area contributed by atoms with Crippen molar-refractivity contribution in [1.82, 2.24) is 10.3 Å². The molecule has 6 rings (SSSR count). The monoisotopic (exact) mass is 505 g/mol. The SMILES string of the molecule is O=C(CSc1nc2ccc(N3C(=O)[C@@H]4[C@@H](C3=O)[C@H]3C=C[C@H]4C3)cc2s1)NCCOc1ccccc1. The molecular formula is C26H23N3O4S2. The van der Waals surface area contributed by atoms with Crippen LogP contribution in [-0.2, 0) is 14.4 Å². The number of carbonyl (C=O) groups excluding carboxylic acids is 3. The fourth-order valence-corrected chi connectivity index (χ4v) is 7.24. The number of aromatic nitrogens is 1. The Balaban J connectivity index is 1.05. The van der Waals surface area contributed by atoms with Gasteiger partial charge in [0.2, 0.25) is 17.7 Å². The first-order chi connectivity index (χ1) is 17.1. The fraction of sp³-hybridized carbons (Fsp3) is 0.308. The topological polar surface area (TPSA) is 88.6 Å². The van der Waals surface area contributed by atoms with Gasteiger partial charge in [-0.05, 0) is 48.6 Å². The van der Waals surface area contributed by atoms with E-state index in [2.05, 4.69) is 22.5 Å². The van der Waals surface area contributed by atoms with E-state index in [0.29, 0.717) is 18.8 Å². The zero-order valence-electron chi connectivity index (χ0n) is 18.8. The maximum Gasteiger partial charge on any atom is 0.238 e.